The van der Waals surface area contributed by atoms with Crippen molar-refractivity contribution < 1.29 is 33.3 Å². The van der Waals surface area contributed by atoms with Gasteiger partial charge in [-0.25, -0.2) is 4.79 Å². The van der Waals surface area contributed by atoms with Gasteiger partial charge in [0, 0.05) is 25.8 Å². The fourth-order valence-electron chi connectivity index (χ4n) is 4.81. The van der Waals surface area contributed by atoms with Crippen molar-refractivity contribution in [1.82, 2.24) is 0 Å². The van der Waals surface area contributed by atoms with E-state index in [9.17, 15) is 14.4 Å². The highest BCUT2D eigenvalue weighted by molar-refractivity contribution is 5.91. The Morgan fingerprint density at radius 1 is 1.35 bits per heavy atom. The molecule has 2 heterocycles. The van der Waals surface area contributed by atoms with Gasteiger partial charge in [0.2, 0.25) is 0 Å². The first-order valence-electron chi connectivity index (χ1n) is 9.03. The van der Waals surface area contributed by atoms with E-state index in [1.807, 2.05) is 13.8 Å². The number of ether oxygens (including phenoxy) is 4. The number of hydrogen-bond acceptors (Lipinski definition) is 7. The van der Waals surface area contributed by atoms with E-state index >= 15 is 0 Å². The summed E-state index contributed by atoms with van der Waals surface area (Å²) in [7, 11) is 0. The van der Waals surface area contributed by atoms with Gasteiger partial charge in [-0.2, -0.15) is 0 Å². The zero-order chi connectivity index (χ0) is 19.3. The predicted molar refractivity (Wildman–Crippen MR) is 89.9 cm³/mol. The highest BCUT2D eigenvalue weighted by Crippen LogP contribution is 2.66. The minimum Gasteiger partial charge on any atom is -0.466 e. The minimum absolute atomic E-state index is 0.0388. The molecule has 26 heavy (non-hydrogen) atoms. The Morgan fingerprint density at radius 3 is 2.65 bits per heavy atom. The molecule has 0 bridgehead atoms. The summed E-state index contributed by atoms with van der Waals surface area (Å²) < 4.78 is 22.3. The van der Waals surface area contributed by atoms with Crippen LogP contribution in [0, 0.1) is 11.8 Å². The lowest BCUT2D eigenvalue weighted by molar-refractivity contribution is -0.159. The molecule has 0 aromatic rings. The summed E-state index contributed by atoms with van der Waals surface area (Å²) in [5.74, 6) is -1.51. The van der Waals surface area contributed by atoms with Crippen molar-refractivity contribution in [3.05, 3.63) is 12.2 Å². The highest BCUT2D eigenvalue weighted by atomic mass is 16.7. The van der Waals surface area contributed by atoms with Crippen LogP contribution in [0.1, 0.15) is 47.0 Å². The van der Waals surface area contributed by atoms with Gasteiger partial charge >= 0.3 is 17.9 Å². The van der Waals surface area contributed by atoms with Gasteiger partial charge in [0.05, 0.1) is 12.5 Å². The molecular weight excluding hydrogens is 340 g/mol. The van der Waals surface area contributed by atoms with E-state index in [0.717, 1.165) is 6.42 Å². The van der Waals surface area contributed by atoms with Crippen LogP contribution in [0.25, 0.3) is 0 Å². The first-order valence-corrected chi connectivity index (χ1v) is 9.03. The van der Waals surface area contributed by atoms with Gasteiger partial charge in [-0.05, 0) is 25.7 Å². The Balaban J connectivity index is 1.82. The number of carbonyl (C=O) groups excluding carboxylic acids is 3. The first-order chi connectivity index (χ1) is 12.1. The third kappa shape index (κ3) is 2.82. The van der Waals surface area contributed by atoms with Gasteiger partial charge in [-0.1, -0.05) is 13.5 Å². The molecule has 0 aromatic carbocycles. The van der Waals surface area contributed by atoms with Crippen molar-refractivity contribution in [2.45, 2.75) is 70.4 Å². The molecule has 0 aromatic heterocycles. The summed E-state index contributed by atoms with van der Waals surface area (Å²) in [6.45, 7) is 10.9. The molecule has 2 saturated heterocycles. The monoisotopic (exact) mass is 366 g/mol. The van der Waals surface area contributed by atoms with Crippen LogP contribution in [-0.4, -0.2) is 47.9 Å². The topological polar surface area (TPSA) is 91.4 Å². The molecule has 6 atom stereocenters. The van der Waals surface area contributed by atoms with Crippen molar-refractivity contribution in [3.63, 3.8) is 0 Å². The van der Waals surface area contributed by atoms with Gasteiger partial charge in [0.25, 0.3) is 0 Å². The van der Waals surface area contributed by atoms with Crippen LogP contribution in [-0.2, 0) is 33.3 Å². The second kappa shape index (κ2) is 6.37. The van der Waals surface area contributed by atoms with Crippen LogP contribution in [0.3, 0.4) is 0 Å². The lowest BCUT2D eigenvalue weighted by Crippen LogP contribution is -2.55. The molecular formula is C19H26O7. The smallest absolute Gasteiger partial charge is 0.334 e. The normalized spacial score (nSPS) is 38.7. The van der Waals surface area contributed by atoms with Gasteiger partial charge < -0.3 is 18.9 Å². The summed E-state index contributed by atoms with van der Waals surface area (Å²) in [6.07, 6.45) is 0.965. The molecule has 2 aliphatic heterocycles. The van der Waals surface area contributed by atoms with Crippen molar-refractivity contribution in [3.8, 4) is 0 Å². The zero-order valence-electron chi connectivity index (χ0n) is 15.7. The van der Waals surface area contributed by atoms with E-state index in [0.29, 0.717) is 25.0 Å². The minimum atomic E-state index is -0.688. The van der Waals surface area contributed by atoms with E-state index < -0.39 is 35.2 Å². The molecule has 3 fully saturated rings. The predicted octanol–water partition coefficient (Wildman–Crippen LogP) is 1.93. The van der Waals surface area contributed by atoms with Crippen molar-refractivity contribution in [2.75, 3.05) is 6.61 Å². The van der Waals surface area contributed by atoms with Crippen LogP contribution in [0.4, 0.5) is 0 Å². The number of carbonyl (C=O) groups is 3. The van der Waals surface area contributed by atoms with E-state index in [2.05, 4.69) is 6.58 Å². The Kier molecular flexibility index (Phi) is 4.63. The van der Waals surface area contributed by atoms with Crippen LogP contribution in [0.2, 0.25) is 0 Å². The van der Waals surface area contributed by atoms with Gasteiger partial charge in [0.1, 0.15) is 23.4 Å². The lowest BCUT2D eigenvalue weighted by Gasteiger charge is -2.40. The maximum absolute atomic E-state index is 12.0. The van der Waals surface area contributed by atoms with E-state index in [-0.39, 0.29) is 18.0 Å². The summed E-state index contributed by atoms with van der Waals surface area (Å²) in [5, 5.41) is 0. The quantitative estimate of drug-likeness (QED) is 0.233. The average molecular weight is 366 g/mol. The summed E-state index contributed by atoms with van der Waals surface area (Å²) in [4.78, 5) is 34.7. The zero-order valence-corrected chi connectivity index (χ0v) is 15.7. The Bertz CT molecular complexity index is 656. The first kappa shape index (κ1) is 18.9. The second-order valence-corrected chi connectivity index (χ2v) is 7.74. The van der Waals surface area contributed by atoms with E-state index in [4.69, 9.17) is 18.9 Å². The molecule has 0 amide bonds. The van der Waals surface area contributed by atoms with Crippen LogP contribution in [0.5, 0.6) is 0 Å². The fraction of sp³-hybridized carbons (Fsp3) is 0.737. The summed E-state index contributed by atoms with van der Waals surface area (Å²) in [5.41, 5.74) is -0.877. The van der Waals surface area contributed by atoms with Gasteiger partial charge in [-0.15, -0.1) is 0 Å². The van der Waals surface area contributed by atoms with Gasteiger partial charge in [0.15, 0.2) is 0 Å². The summed E-state index contributed by atoms with van der Waals surface area (Å²) >= 11 is 0. The largest absolute Gasteiger partial charge is 0.466 e. The Hall–Kier alpha value is -1.89. The van der Waals surface area contributed by atoms with Crippen molar-refractivity contribution in [2.24, 2.45) is 11.8 Å². The highest BCUT2D eigenvalue weighted by Gasteiger charge is 2.80. The number of fused-ring (bicyclic) bond motifs is 2. The van der Waals surface area contributed by atoms with Crippen LogP contribution < -0.4 is 0 Å². The van der Waals surface area contributed by atoms with E-state index in [1.165, 1.54) is 13.8 Å². The van der Waals surface area contributed by atoms with Crippen LogP contribution >= 0.6 is 0 Å². The number of hydrogen-bond donors (Lipinski definition) is 0. The standard InChI is InChI=1S/C19H26O7/c1-10(7-6-8-23-12(3)20)19-16(24-13(4)21)15-11(2)17(22)25-14(15)9-18(19,5)26-19/h10,14-16H,2,6-9H2,1,3-5H3/t10-,14+,15+,16-,18+,19-/m0/s1. The molecule has 7 nitrogen and oxygen atoms in total. The molecule has 0 spiro atoms. The Morgan fingerprint density at radius 2 is 2.04 bits per heavy atom. The fourth-order valence-corrected chi connectivity index (χ4v) is 4.81. The molecule has 7 heteroatoms. The SMILES string of the molecule is C=C1C(=O)O[C@@H]2C[C@@]3(C)O[C@@]3([C@@H](C)CCCOC(C)=O)[C@@H](OC(C)=O)[C@H]12. The average Bonchev–Trinajstić information content (AvgIpc) is 3.08. The van der Waals surface area contributed by atoms with Crippen molar-refractivity contribution in [1.29, 1.82) is 0 Å². The molecule has 0 N–H and O–H groups in total. The van der Waals surface area contributed by atoms with Gasteiger partial charge in [-0.3, -0.25) is 9.59 Å². The Labute approximate surface area is 153 Å². The lowest BCUT2D eigenvalue weighted by atomic mass is 9.64. The van der Waals surface area contributed by atoms with Crippen molar-refractivity contribution >= 4 is 17.9 Å². The molecule has 0 radical (unpaired) electrons. The van der Waals surface area contributed by atoms with Crippen LogP contribution in [0.15, 0.2) is 12.2 Å². The molecule has 1 aliphatic carbocycles. The molecule has 3 aliphatic rings. The number of rotatable bonds is 6. The third-order valence-electron chi connectivity index (χ3n) is 5.95. The maximum atomic E-state index is 12.0. The molecule has 0 unspecified atom stereocenters. The molecule has 1 saturated carbocycles. The molecule has 144 valence electrons. The number of epoxide rings is 1. The second-order valence-electron chi connectivity index (χ2n) is 7.74. The maximum Gasteiger partial charge on any atom is 0.334 e. The summed E-state index contributed by atoms with van der Waals surface area (Å²) in [6, 6.07) is 0. The third-order valence-corrected chi connectivity index (χ3v) is 5.95. The number of esters is 3. The molecule has 3 rings (SSSR count). The van der Waals surface area contributed by atoms with E-state index in [1.54, 1.807) is 0 Å².